The van der Waals surface area contributed by atoms with E-state index in [0.29, 0.717) is 17.0 Å². The smallest absolute Gasteiger partial charge is 0.336 e. The number of aryl methyl sites for hydroxylation is 1. The van der Waals surface area contributed by atoms with E-state index >= 15 is 0 Å². The van der Waals surface area contributed by atoms with Gasteiger partial charge >= 0.3 is 5.63 Å². The van der Waals surface area contributed by atoms with Gasteiger partial charge in [0.1, 0.15) is 5.58 Å². The highest BCUT2D eigenvalue weighted by molar-refractivity contribution is 7.98. The first-order chi connectivity index (χ1) is 13.4. The largest absolute Gasteiger partial charge is 0.423 e. The molecule has 0 radical (unpaired) electrons. The summed E-state index contributed by atoms with van der Waals surface area (Å²) in [4.78, 5) is 28.0. The van der Waals surface area contributed by atoms with Crippen molar-refractivity contribution >= 4 is 34.3 Å². The molecule has 0 fully saturated rings. The summed E-state index contributed by atoms with van der Waals surface area (Å²) >= 11 is 1.63. The second kappa shape index (κ2) is 8.65. The molecule has 3 aromatic rings. The zero-order chi connectivity index (χ0) is 20.3. The second-order valence-electron chi connectivity index (χ2n) is 6.84. The van der Waals surface area contributed by atoms with Gasteiger partial charge in [0.25, 0.3) is 0 Å². The van der Waals surface area contributed by atoms with Crippen LogP contribution < -0.4 is 10.9 Å². The van der Waals surface area contributed by atoms with E-state index in [1.165, 1.54) is 18.7 Å². The molecule has 0 aliphatic heterocycles. The number of hydrogen-bond acceptors (Lipinski definition) is 5. The van der Waals surface area contributed by atoms with Crippen LogP contribution in [0.1, 0.15) is 43.6 Å². The minimum absolute atomic E-state index is 0.168. The van der Waals surface area contributed by atoms with Crippen molar-refractivity contribution in [3.63, 3.8) is 0 Å². The summed E-state index contributed by atoms with van der Waals surface area (Å²) in [6.07, 6.45) is 2.23. The number of rotatable bonds is 7. The molecule has 3 rings (SSSR count). The Hall–Kier alpha value is -2.54. The van der Waals surface area contributed by atoms with Crippen LogP contribution in [0.4, 0.5) is 5.69 Å². The number of fused-ring (bicyclic) bond motifs is 1. The molecule has 0 atom stereocenters. The molecule has 1 aromatic carbocycles. The SMILES string of the molecule is CCCCn1c(SCc2cc(=O)oc3cc(NC(C)=O)ccc23)nc(C)c1C. The molecular weight excluding hydrogens is 374 g/mol. The normalized spacial score (nSPS) is 11.1. The minimum atomic E-state index is -0.398. The molecule has 0 spiro atoms. The number of nitrogens with zero attached hydrogens (tertiary/aromatic N) is 2. The van der Waals surface area contributed by atoms with Gasteiger partial charge in [-0.1, -0.05) is 25.1 Å². The number of anilines is 1. The first-order valence-corrected chi connectivity index (χ1v) is 10.4. The first-order valence-electron chi connectivity index (χ1n) is 9.40. The topological polar surface area (TPSA) is 77.1 Å². The number of amides is 1. The molecule has 6 nitrogen and oxygen atoms in total. The van der Waals surface area contributed by atoms with Crippen molar-refractivity contribution in [3.05, 3.63) is 51.6 Å². The van der Waals surface area contributed by atoms with Gasteiger partial charge in [0.2, 0.25) is 5.91 Å². The third kappa shape index (κ3) is 4.47. The Morgan fingerprint density at radius 1 is 1.29 bits per heavy atom. The van der Waals surface area contributed by atoms with Gasteiger partial charge in [0, 0.05) is 48.1 Å². The van der Waals surface area contributed by atoms with Crippen LogP contribution in [0.25, 0.3) is 11.0 Å². The Kier molecular flexibility index (Phi) is 6.24. The number of carbonyl (C=O) groups is 1. The van der Waals surface area contributed by atoms with Crippen LogP contribution >= 0.6 is 11.8 Å². The Labute approximate surface area is 168 Å². The van der Waals surface area contributed by atoms with Gasteiger partial charge in [-0.3, -0.25) is 4.79 Å². The van der Waals surface area contributed by atoms with Crippen molar-refractivity contribution in [3.8, 4) is 0 Å². The van der Waals surface area contributed by atoms with Crippen LogP contribution in [0.5, 0.6) is 0 Å². The van der Waals surface area contributed by atoms with E-state index in [1.807, 2.05) is 19.1 Å². The fourth-order valence-corrected chi connectivity index (χ4v) is 4.19. The molecule has 1 N–H and O–H groups in total. The number of carbonyl (C=O) groups excluding carboxylic acids is 1. The molecule has 2 heterocycles. The zero-order valence-electron chi connectivity index (χ0n) is 16.7. The average Bonchev–Trinajstić information content (AvgIpc) is 2.90. The van der Waals surface area contributed by atoms with Gasteiger partial charge in [0.05, 0.1) is 5.69 Å². The molecule has 2 aromatic heterocycles. The quantitative estimate of drug-likeness (QED) is 0.462. The number of unbranched alkanes of at least 4 members (excludes halogenated alkanes) is 1. The lowest BCUT2D eigenvalue weighted by Crippen LogP contribution is -2.06. The lowest BCUT2D eigenvalue weighted by molar-refractivity contribution is -0.114. The van der Waals surface area contributed by atoms with Crippen molar-refractivity contribution in [1.29, 1.82) is 0 Å². The molecule has 1 amide bonds. The standard InChI is InChI=1S/C21H25N3O3S/c1-5-6-9-24-14(3)13(2)22-21(24)28-12-16-10-20(26)27-19-11-17(23-15(4)25)7-8-18(16)19/h7-8,10-11H,5-6,9,12H2,1-4H3,(H,23,25). The second-order valence-corrected chi connectivity index (χ2v) is 7.78. The van der Waals surface area contributed by atoms with Crippen LogP contribution in [-0.4, -0.2) is 15.5 Å². The molecule has 148 valence electrons. The highest BCUT2D eigenvalue weighted by Gasteiger charge is 2.13. The maximum Gasteiger partial charge on any atom is 0.336 e. The fourth-order valence-electron chi connectivity index (χ4n) is 3.09. The van der Waals surface area contributed by atoms with Gasteiger partial charge < -0.3 is 14.3 Å². The third-order valence-electron chi connectivity index (χ3n) is 4.67. The van der Waals surface area contributed by atoms with Gasteiger partial charge in [-0.25, -0.2) is 9.78 Å². The van der Waals surface area contributed by atoms with Crippen LogP contribution in [0.3, 0.4) is 0 Å². The van der Waals surface area contributed by atoms with Gasteiger partial charge in [-0.05, 0) is 38.0 Å². The molecule has 0 aliphatic carbocycles. The van der Waals surface area contributed by atoms with E-state index in [1.54, 1.807) is 17.8 Å². The maximum absolute atomic E-state index is 12.0. The first kappa shape index (κ1) is 20.2. The summed E-state index contributed by atoms with van der Waals surface area (Å²) in [6, 6.07) is 6.91. The molecular formula is C21H25N3O3S. The number of benzene rings is 1. The summed E-state index contributed by atoms with van der Waals surface area (Å²) in [6.45, 7) is 8.69. The van der Waals surface area contributed by atoms with Gasteiger partial charge in [-0.15, -0.1) is 0 Å². The lowest BCUT2D eigenvalue weighted by atomic mass is 10.1. The van der Waals surface area contributed by atoms with Crippen molar-refractivity contribution in [2.45, 2.75) is 58.0 Å². The Morgan fingerprint density at radius 2 is 2.07 bits per heavy atom. The predicted octanol–water partition coefficient (Wildman–Crippen LogP) is 4.66. The lowest BCUT2D eigenvalue weighted by Gasteiger charge is -2.10. The maximum atomic E-state index is 12.0. The highest BCUT2D eigenvalue weighted by Crippen LogP contribution is 2.29. The predicted molar refractivity (Wildman–Crippen MR) is 113 cm³/mol. The van der Waals surface area contributed by atoms with Crippen molar-refractivity contribution in [2.24, 2.45) is 0 Å². The molecule has 0 saturated carbocycles. The Morgan fingerprint density at radius 3 is 2.79 bits per heavy atom. The minimum Gasteiger partial charge on any atom is -0.423 e. The molecule has 0 aliphatic rings. The number of thioether (sulfide) groups is 1. The zero-order valence-corrected chi connectivity index (χ0v) is 17.5. The summed E-state index contributed by atoms with van der Waals surface area (Å²) in [5, 5.41) is 4.54. The van der Waals surface area contributed by atoms with Crippen LogP contribution in [0.2, 0.25) is 0 Å². The van der Waals surface area contributed by atoms with E-state index in [-0.39, 0.29) is 5.91 Å². The van der Waals surface area contributed by atoms with Gasteiger partial charge in [-0.2, -0.15) is 0 Å². The molecule has 0 bridgehead atoms. The number of nitrogens with one attached hydrogen (secondary N) is 1. The van der Waals surface area contributed by atoms with Crippen molar-refractivity contribution in [2.75, 3.05) is 5.32 Å². The van der Waals surface area contributed by atoms with E-state index in [4.69, 9.17) is 9.40 Å². The third-order valence-corrected chi connectivity index (χ3v) is 5.69. The van der Waals surface area contributed by atoms with Gasteiger partial charge in [0.15, 0.2) is 5.16 Å². The van der Waals surface area contributed by atoms with Crippen LogP contribution in [0.15, 0.2) is 38.6 Å². The number of hydrogen-bond donors (Lipinski definition) is 1. The number of aromatic nitrogens is 2. The van der Waals surface area contributed by atoms with Crippen LogP contribution in [-0.2, 0) is 17.1 Å². The monoisotopic (exact) mass is 399 g/mol. The molecule has 28 heavy (non-hydrogen) atoms. The Balaban J connectivity index is 1.90. The molecule has 0 saturated heterocycles. The van der Waals surface area contributed by atoms with E-state index < -0.39 is 5.63 Å². The van der Waals surface area contributed by atoms with E-state index in [0.717, 1.165) is 41.2 Å². The summed E-state index contributed by atoms with van der Waals surface area (Å²) in [7, 11) is 0. The van der Waals surface area contributed by atoms with E-state index in [9.17, 15) is 9.59 Å². The fraction of sp³-hybridized carbons (Fsp3) is 0.381. The average molecular weight is 400 g/mol. The van der Waals surface area contributed by atoms with Crippen molar-refractivity contribution < 1.29 is 9.21 Å². The summed E-state index contributed by atoms with van der Waals surface area (Å²) in [5.74, 6) is 0.446. The Bertz CT molecular complexity index is 1070. The number of imidazole rings is 1. The summed E-state index contributed by atoms with van der Waals surface area (Å²) in [5.41, 5.74) is 3.80. The van der Waals surface area contributed by atoms with E-state index in [2.05, 4.69) is 23.7 Å². The summed E-state index contributed by atoms with van der Waals surface area (Å²) < 4.78 is 7.60. The molecule has 0 unspecified atom stereocenters. The van der Waals surface area contributed by atoms with Crippen LogP contribution in [0, 0.1) is 13.8 Å². The van der Waals surface area contributed by atoms with Crippen molar-refractivity contribution in [1.82, 2.24) is 9.55 Å². The molecule has 7 heteroatoms. The highest BCUT2D eigenvalue weighted by atomic mass is 32.2.